The number of benzene rings is 1. The van der Waals surface area contributed by atoms with Crippen molar-refractivity contribution in [3.63, 3.8) is 0 Å². The van der Waals surface area contributed by atoms with Crippen molar-refractivity contribution in [1.82, 2.24) is 4.57 Å². The van der Waals surface area contributed by atoms with Crippen molar-refractivity contribution in [1.29, 1.82) is 0 Å². The number of halogens is 1. The predicted molar refractivity (Wildman–Crippen MR) is 77.6 cm³/mol. The van der Waals surface area contributed by atoms with Crippen LogP contribution in [0.1, 0.15) is 21.7 Å². The molecule has 0 aliphatic rings. The van der Waals surface area contributed by atoms with E-state index >= 15 is 0 Å². The molecular formula is C16H12FNO4. The number of aryl methyl sites for hydroxylation is 1. The normalized spacial score (nSPS) is 11.0. The van der Waals surface area contributed by atoms with Crippen LogP contribution < -0.4 is 5.43 Å². The van der Waals surface area contributed by atoms with Gasteiger partial charge in [-0.05, 0) is 17.7 Å². The van der Waals surface area contributed by atoms with Crippen molar-refractivity contribution >= 4 is 17.1 Å². The Hall–Kier alpha value is -2.89. The molecule has 0 bridgehead atoms. The Morgan fingerprint density at radius 3 is 2.64 bits per heavy atom. The SMILES string of the molecule is Cn1cc(Cc2ccc(F)cc2)c(=O)c2oc(C(=O)O)cc21. The molecule has 2 heterocycles. The standard InChI is InChI=1S/C16H12FNO4/c1-18-8-10(6-9-2-4-11(17)5-3-9)14(19)15-12(18)7-13(22-15)16(20)21/h2-5,7-8H,6H2,1H3,(H,20,21). The number of rotatable bonds is 3. The lowest BCUT2D eigenvalue weighted by atomic mass is 10.1. The summed E-state index contributed by atoms with van der Waals surface area (Å²) in [6, 6.07) is 7.18. The van der Waals surface area contributed by atoms with Crippen LogP contribution >= 0.6 is 0 Å². The molecule has 0 aliphatic heterocycles. The Morgan fingerprint density at radius 2 is 2.00 bits per heavy atom. The minimum absolute atomic E-state index is 0.0134. The molecule has 3 rings (SSSR count). The van der Waals surface area contributed by atoms with Gasteiger partial charge >= 0.3 is 5.97 Å². The number of aromatic nitrogens is 1. The molecule has 22 heavy (non-hydrogen) atoms. The molecule has 3 aromatic rings. The Morgan fingerprint density at radius 1 is 1.32 bits per heavy atom. The molecule has 2 aromatic heterocycles. The number of fused-ring (bicyclic) bond motifs is 1. The number of hydrogen-bond donors (Lipinski definition) is 1. The van der Waals surface area contributed by atoms with Gasteiger partial charge in [-0.3, -0.25) is 4.79 Å². The summed E-state index contributed by atoms with van der Waals surface area (Å²) in [6.07, 6.45) is 1.95. The highest BCUT2D eigenvalue weighted by atomic mass is 19.1. The first-order valence-electron chi connectivity index (χ1n) is 6.55. The highest BCUT2D eigenvalue weighted by Crippen LogP contribution is 2.18. The maximum Gasteiger partial charge on any atom is 0.371 e. The zero-order chi connectivity index (χ0) is 15.9. The summed E-state index contributed by atoms with van der Waals surface area (Å²) < 4.78 is 19.7. The van der Waals surface area contributed by atoms with E-state index < -0.39 is 5.97 Å². The summed E-state index contributed by atoms with van der Waals surface area (Å²) >= 11 is 0. The predicted octanol–water partition coefficient (Wildman–Crippen LogP) is 2.56. The van der Waals surface area contributed by atoms with Gasteiger partial charge in [0, 0.05) is 31.3 Å². The number of carbonyl (C=O) groups is 1. The highest BCUT2D eigenvalue weighted by Gasteiger charge is 2.16. The van der Waals surface area contributed by atoms with Gasteiger partial charge in [0.2, 0.25) is 11.2 Å². The second-order valence-electron chi connectivity index (χ2n) is 5.03. The number of aromatic carboxylic acids is 1. The molecule has 0 atom stereocenters. The lowest BCUT2D eigenvalue weighted by Crippen LogP contribution is -2.12. The van der Waals surface area contributed by atoms with Gasteiger partial charge in [0.1, 0.15) is 5.82 Å². The molecule has 0 spiro atoms. The Bertz CT molecular complexity index is 922. The summed E-state index contributed by atoms with van der Waals surface area (Å²) in [5.74, 6) is -1.85. The van der Waals surface area contributed by atoms with Crippen molar-refractivity contribution < 1.29 is 18.7 Å². The molecule has 0 radical (unpaired) electrons. The van der Waals surface area contributed by atoms with E-state index in [0.29, 0.717) is 17.5 Å². The highest BCUT2D eigenvalue weighted by molar-refractivity contribution is 5.90. The van der Waals surface area contributed by atoms with Gasteiger partial charge in [-0.25, -0.2) is 9.18 Å². The molecule has 112 valence electrons. The fourth-order valence-electron chi connectivity index (χ4n) is 2.37. The summed E-state index contributed by atoms with van der Waals surface area (Å²) in [4.78, 5) is 23.4. The van der Waals surface area contributed by atoms with Gasteiger partial charge in [-0.15, -0.1) is 0 Å². The van der Waals surface area contributed by atoms with Gasteiger partial charge < -0.3 is 14.1 Å². The van der Waals surface area contributed by atoms with Gasteiger partial charge in [0.25, 0.3) is 0 Å². The summed E-state index contributed by atoms with van der Waals surface area (Å²) in [5, 5.41) is 8.96. The third-order valence-electron chi connectivity index (χ3n) is 3.46. The fourth-order valence-corrected chi connectivity index (χ4v) is 2.37. The van der Waals surface area contributed by atoms with Crippen LogP contribution in [0.15, 0.2) is 45.7 Å². The fraction of sp³-hybridized carbons (Fsp3) is 0.125. The number of carboxylic acid groups (broad SMARTS) is 1. The molecule has 0 saturated heterocycles. The lowest BCUT2D eigenvalue weighted by Gasteiger charge is -2.05. The molecular weight excluding hydrogens is 289 g/mol. The van der Waals surface area contributed by atoms with Crippen molar-refractivity contribution in [2.24, 2.45) is 7.05 Å². The Kier molecular flexibility index (Phi) is 3.29. The van der Waals surface area contributed by atoms with Crippen LogP contribution in [-0.4, -0.2) is 15.6 Å². The van der Waals surface area contributed by atoms with Crippen molar-refractivity contribution in [2.45, 2.75) is 6.42 Å². The topological polar surface area (TPSA) is 72.4 Å². The average Bonchev–Trinajstić information content (AvgIpc) is 2.93. The number of nitrogens with zero attached hydrogens (tertiary/aromatic N) is 1. The van der Waals surface area contributed by atoms with E-state index in [1.54, 1.807) is 29.9 Å². The zero-order valence-corrected chi connectivity index (χ0v) is 11.7. The Balaban J connectivity index is 2.10. The van der Waals surface area contributed by atoms with Crippen molar-refractivity contribution in [3.05, 3.63) is 69.5 Å². The van der Waals surface area contributed by atoms with Crippen molar-refractivity contribution in [3.8, 4) is 0 Å². The van der Waals surface area contributed by atoms with E-state index in [1.165, 1.54) is 18.2 Å². The number of pyridine rings is 1. The van der Waals surface area contributed by atoms with Gasteiger partial charge in [0.05, 0.1) is 5.52 Å². The van der Waals surface area contributed by atoms with Crippen LogP contribution in [0.4, 0.5) is 4.39 Å². The maximum atomic E-state index is 12.9. The molecule has 1 N–H and O–H groups in total. The van der Waals surface area contributed by atoms with Crippen molar-refractivity contribution in [2.75, 3.05) is 0 Å². The lowest BCUT2D eigenvalue weighted by molar-refractivity contribution is 0.0665. The molecule has 5 nitrogen and oxygen atoms in total. The third-order valence-corrected chi connectivity index (χ3v) is 3.46. The van der Waals surface area contributed by atoms with E-state index in [0.717, 1.165) is 5.56 Å². The largest absolute Gasteiger partial charge is 0.475 e. The molecule has 6 heteroatoms. The number of carboxylic acids is 1. The molecule has 0 amide bonds. The zero-order valence-electron chi connectivity index (χ0n) is 11.7. The molecule has 0 unspecified atom stereocenters. The number of furan rings is 1. The van der Waals surface area contributed by atoms with Gasteiger partial charge in [-0.2, -0.15) is 0 Å². The summed E-state index contributed by atoms with van der Waals surface area (Å²) in [7, 11) is 1.71. The quantitative estimate of drug-likeness (QED) is 0.807. The van der Waals surface area contributed by atoms with Crippen LogP contribution in [0.25, 0.3) is 11.1 Å². The first-order chi connectivity index (χ1) is 10.5. The number of hydrogen-bond acceptors (Lipinski definition) is 3. The van der Waals surface area contributed by atoms with E-state index in [2.05, 4.69) is 0 Å². The Labute approximate surface area is 124 Å². The van der Waals surface area contributed by atoms with Gasteiger partial charge in [-0.1, -0.05) is 12.1 Å². The summed E-state index contributed by atoms with van der Waals surface area (Å²) in [6.45, 7) is 0. The third kappa shape index (κ3) is 2.39. The van der Waals surface area contributed by atoms with Gasteiger partial charge in [0.15, 0.2) is 5.58 Å². The molecule has 0 aliphatic carbocycles. The first kappa shape index (κ1) is 14.1. The second kappa shape index (κ2) is 5.14. The van der Waals surface area contributed by atoms with E-state index in [4.69, 9.17) is 9.52 Å². The van der Waals surface area contributed by atoms with Crippen LogP contribution in [-0.2, 0) is 13.5 Å². The summed E-state index contributed by atoms with van der Waals surface area (Å²) in [5.41, 5.74) is 1.31. The molecule has 0 saturated carbocycles. The first-order valence-corrected chi connectivity index (χ1v) is 6.55. The molecule has 0 fully saturated rings. The van der Waals surface area contributed by atoms with E-state index in [1.807, 2.05) is 0 Å². The maximum absolute atomic E-state index is 12.9. The smallest absolute Gasteiger partial charge is 0.371 e. The van der Waals surface area contributed by atoms with E-state index in [9.17, 15) is 14.0 Å². The van der Waals surface area contributed by atoms with Crippen LogP contribution in [0.3, 0.4) is 0 Å². The van der Waals surface area contributed by atoms with Crippen LogP contribution in [0.2, 0.25) is 0 Å². The molecule has 1 aromatic carbocycles. The average molecular weight is 301 g/mol. The minimum Gasteiger partial charge on any atom is -0.475 e. The monoisotopic (exact) mass is 301 g/mol. The van der Waals surface area contributed by atoms with Crippen LogP contribution in [0.5, 0.6) is 0 Å². The minimum atomic E-state index is -1.23. The second-order valence-corrected chi connectivity index (χ2v) is 5.03. The van der Waals surface area contributed by atoms with E-state index in [-0.39, 0.29) is 22.6 Å². The van der Waals surface area contributed by atoms with Crippen LogP contribution in [0, 0.1) is 5.82 Å².